The first kappa shape index (κ1) is 20.3. The van der Waals surface area contributed by atoms with E-state index in [0.717, 1.165) is 5.56 Å². The van der Waals surface area contributed by atoms with E-state index >= 15 is 0 Å². The second-order valence-electron chi connectivity index (χ2n) is 6.87. The molecule has 0 bridgehead atoms. The first-order valence-electron chi connectivity index (χ1n) is 9.22. The van der Waals surface area contributed by atoms with Gasteiger partial charge < -0.3 is 13.9 Å². The van der Waals surface area contributed by atoms with Crippen LogP contribution in [0.25, 0.3) is 11.0 Å². The molecule has 7 nitrogen and oxygen atoms in total. The van der Waals surface area contributed by atoms with Gasteiger partial charge in [0.2, 0.25) is 0 Å². The van der Waals surface area contributed by atoms with Gasteiger partial charge in [-0.3, -0.25) is 9.78 Å². The third kappa shape index (κ3) is 5.07. The van der Waals surface area contributed by atoms with Gasteiger partial charge >= 0.3 is 17.6 Å². The molecule has 7 heteroatoms. The molecule has 0 radical (unpaired) electrons. The quantitative estimate of drug-likeness (QED) is 0.357. The van der Waals surface area contributed by atoms with Crippen molar-refractivity contribution in [3.05, 3.63) is 69.8 Å². The van der Waals surface area contributed by atoms with Gasteiger partial charge in [0.05, 0.1) is 11.7 Å². The topological polar surface area (TPSA) is 95.7 Å². The Morgan fingerprint density at radius 1 is 1.14 bits per heavy atom. The van der Waals surface area contributed by atoms with E-state index in [2.05, 4.69) is 4.98 Å². The van der Waals surface area contributed by atoms with Crippen molar-refractivity contribution in [1.29, 1.82) is 0 Å². The van der Waals surface area contributed by atoms with Crippen molar-refractivity contribution >= 4 is 22.9 Å². The molecule has 0 N–H and O–H groups in total. The first-order valence-corrected chi connectivity index (χ1v) is 9.22. The smallest absolute Gasteiger partial charge is 0.343 e. The molecule has 0 aliphatic rings. The van der Waals surface area contributed by atoms with Gasteiger partial charge in [0.15, 0.2) is 0 Å². The van der Waals surface area contributed by atoms with E-state index in [1.165, 1.54) is 36.7 Å². The minimum atomic E-state index is -0.576. The minimum absolute atomic E-state index is 0.124. The Bertz CT molecular complexity index is 1100. The van der Waals surface area contributed by atoms with Crippen molar-refractivity contribution < 1.29 is 23.5 Å². The lowest BCUT2D eigenvalue weighted by Gasteiger charge is -2.13. The van der Waals surface area contributed by atoms with E-state index in [1.807, 2.05) is 0 Å². The predicted molar refractivity (Wildman–Crippen MR) is 106 cm³/mol. The number of ether oxygens (including phenoxy) is 2. The highest BCUT2D eigenvalue weighted by Gasteiger charge is 2.17. The van der Waals surface area contributed by atoms with Gasteiger partial charge in [-0.15, -0.1) is 0 Å². The maximum atomic E-state index is 12.5. The number of hydrogen-bond acceptors (Lipinski definition) is 7. The number of pyridine rings is 1. The normalized spacial score (nSPS) is 10.9. The Labute approximate surface area is 167 Å². The molecule has 0 atom stereocenters. The Kier molecular flexibility index (Phi) is 6.07. The highest BCUT2D eigenvalue weighted by molar-refractivity contribution is 5.92. The van der Waals surface area contributed by atoms with Crippen LogP contribution in [0.2, 0.25) is 0 Å². The van der Waals surface area contributed by atoms with Crippen LogP contribution in [-0.4, -0.2) is 23.0 Å². The summed E-state index contributed by atoms with van der Waals surface area (Å²) in [5, 5.41) is 0.709. The summed E-state index contributed by atoms with van der Waals surface area (Å²) in [7, 11) is 0. The number of esters is 2. The molecule has 0 spiro atoms. The van der Waals surface area contributed by atoms with Crippen LogP contribution in [0.1, 0.15) is 41.8 Å². The summed E-state index contributed by atoms with van der Waals surface area (Å²) in [4.78, 5) is 40.0. The third-order valence-corrected chi connectivity index (χ3v) is 4.22. The van der Waals surface area contributed by atoms with Crippen LogP contribution in [0, 0.1) is 6.92 Å². The zero-order valence-corrected chi connectivity index (χ0v) is 16.4. The highest BCUT2D eigenvalue weighted by atomic mass is 16.5. The second kappa shape index (κ2) is 8.68. The van der Waals surface area contributed by atoms with Crippen molar-refractivity contribution in [2.24, 2.45) is 0 Å². The molecule has 2 aromatic heterocycles. The SMILES string of the molecule is Cc1cc(=O)oc2cc(OC(=O)c3ccncc3)c(CCC(=O)OC(C)C)cc12. The van der Waals surface area contributed by atoms with Crippen LogP contribution in [-0.2, 0) is 16.0 Å². The lowest BCUT2D eigenvalue weighted by atomic mass is 10.0. The number of benzene rings is 1. The molecule has 3 aromatic rings. The molecule has 150 valence electrons. The first-order chi connectivity index (χ1) is 13.8. The van der Waals surface area contributed by atoms with Gasteiger partial charge in [-0.1, -0.05) is 0 Å². The van der Waals surface area contributed by atoms with E-state index in [1.54, 1.807) is 26.8 Å². The summed E-state index contributed by atoms with van der Waals surface area (Å²) in [6.45, 7) is 5.35. The lowest BCUT2D eigenvalue weighted by molar-refractivity contribution is -0.147. The molecule has 29 heavy (non-hydrogen) atoms. The van der Waals surface area contributed by atoms with Crippen molar-refractivity contribution in [3.8, 4) is 5.75 Å². The number of carbonyl (C=O) groups excluding carboxylic acids is 2. The molecule has 3 rings (SSSR count). The Morgan fingerprint density at radius 3 is 2.55 bits per heavy atom. The molecule has 0 unspecified atom stereocenters. The Hall–Kier alpha value is -3.48. The molecule has 2 heterocycles. The van der Waals surface area contributed by atoms with E-state index < -0.39 is 11.6 Å². The zero-order valence-electron chi connectivity index (χ0n) is 16.4. The average Bonchev–Trinajstić information content (AvgIpc) is 2.66. The van der Waals surface area contributed by atoms with E-state index in [9.17, 15) is 14.4 Å². The number of aryl methyl sites for hydroxylation is 2. The maximum absolute atomic E-state index is 12.5. The number of carbonyl (C=O) groups is 2. The van der Waals surface area contributed by atoms with Crippen LogP contribution >= 0.6 is 0 Å². The molecular formula is C22H21NO6. The van der Waals surface area contributed by atoms with Gasteiger partial charge in [0, 0.05) is 36.3 Å². The number of hydrogen-bond donors (Lipinski definition) is 0. The monoisotopic (exact) mass is 395 g/mol. The predicted octanol–water partition coefficient (Wildman–Crippen LogP) is 3.60. The van der Waals surface area contributed by atoms with Crippen molar-refractivity contribution in [2.45, 2.75) is 39.7 Å². The minimum Gasteiger partial charge on any atom is -0.463 e. The standard InChI is InChI=1S/C22H21NO6/c1-13(2)27-20(24)5-4-16-11-17-14(3)10-21(25)28-19(17)12-18(16)29-22(26)15-6-8-23-9-7-15/h6-13H,4-5H2,1-3H3. The Balaban J connectivity index is 1.97. The van der Waals surface area contributed by atoms with Crippen LogP contribution in [0.15, 0.2) is 51.9 Å². The number of nitrogens with zero attached hydrogens (tertiary/aromatic N) is 1. The fourth-order valence-corrected chi connectivity index (χ4v) is 2.89. The molecule has 0 aliphatic carbocycles. The van der Waals surface area contributed by atoms with Gasteiger partial charge in [-0.25, -0.2) is 9.59 Å². The van der Waals surface area contributed by atoms with Gasteiger partial charge in [-0.05, 0) is 56.5 Å². The van der Waals surface area contributed by atoms with Crippen LogP contribution < -0.4 is 10.4 Å². The van der Waals surface area contributed by atoms with Crippen molar-refractivity contribution in [2.75, 3.05) is 0 Å². The van der Waals surface area contributed by atoms with Gasteiger partial charge in [0.25, 0.3) is 0 Å². The van der Waals surface area contributed by atoms with E-state index in [0.29, 0.717) is 28.5 Å². The van der Waals surface area contributed by atoms with Crippen molar-refractivity contribution in [1.82, 2.24) is 4.98 Å². The summed E-state index contributed by atoms with van der Waals surface area (Å²) in [6, 6.07) is 7.74. The highest BCUT2D eigenvalue weighted by Crippen LogP contribution is 2.29. The average molecular weight is 395 g/mol. The number of aromatic nitrogens is 1. The maximum Gasteiger partial charge on any atom is 0.343 e. The van der Waals surface area contributed by atoms with Crippen LogP contribution in [0.5, 0.6) is 5.75 Å². The summed E-state index contributed by atoms with van der Waals surface area (Å²) in [5.41, 5.74) is 1.51. The summed E-state index contributed by atoms with van der Waals surface area (Å²) in [6.07, 6.45) is 3.20. The molecule has 1 aromatic carbocycles. The number of fused-ring (bicyclic) bond motifs is 1. The molecule has 0 saturated carbocycles. The molecule has 0 amide bonds. The van der Waals surface area contributed by atoms with E-state index in [4.69, 9.17) is 13.9 Å². The summed E-state index contributed by atoms with van der Waals surface area (Å²) < 4.78 is 16.0. The number of rotatable bonds is 6. The van der Waals surface area contributed by atoms with Crippen molar-refractivity contribution in [3.63, 3.8) is 0 Å². The molecular weight excluding hydrogens is 374 g/mol. The zero-order chi connectivity index (χ0) is 21.0. The van der Waals surface area contributed by atoms with E-state index in [-0.39, 0.29) is 24.2 Å². The fourth-order valence-electron chi connectivity index (χ4n) is 2.89. The lowest BCUT2D eigenvalue weighted by Crippen LogP contribution is -2.13. The second-order valence-corrected chi connectivity index (χ2v) is 6.87. The third-order valence-electron chi connectivity index (χ3n) is 4.22. The van der Waals surface area contributed by atoms with Crippen LogP contribution in [0.4, 0.5) is 0 Å². The largest absolute Gasteiger partial charge is 0.463 e. The molecule has 0 aliphatic heterocycles. The molecule has 0 saturated heterocycles. The summed E-state index contributed by atoms with van der Waals surface area (Å²) in [5.74, 6) is -0.694. The van der Waals surface area contributed by atoms with Gasteiger partial charge in [0.1, 0.15) is 11.3 Å². The van der Waals surface area contributed by atoms with Crippen LogP contribution in [0.3, 0.4) is 0 Å². The molecule has 0 fully saturated rings. The van der Waals surface area contributed by atoms with Gasteiger partial charge in [-0.2, -0.15) is 0 Å². The Morgan fingerprint density at radius 2 is 1.86 bits per heavy atom. The summed E-state index contributed by atoms with van der Waals surface area (Å²) >= 11 is 0. The fraction of sp³-hybridized carbons (Fsp3) is 0.273.